The van der Waals surface area contributed by atoms with Crippen LogP contribution in [-0.2, 0) is 14.3 Å². The summed E-state index contributed by atoms with van der Waals surface area (Å²) >= 11 is 1.63. The van der Waals surface area contributed by atoms with Crippen LogP contribution in [0.25, 0.3) is 0 Å². The molecule has 4 nitrogen and oxygen atoms in total. The molecule has 92 valence electrons. The predicted molar refractivity (Wildman–Crippen MR) is 64.0 cm³/mol. The molecule has 0 spiro atoms. The highest BCUT2D eigenvalue weighted by Crippen LogP contribution is 2.44. The lowest BCUT2D eigenvalue weighted by atomic mass is 9.92. The molecule has 2 atom stereocenters. The molecule has 16 heavy (non-hydrogen) atoms. The topological polar surface area (TPSA) is 46.6 Å². The van der Waals surface area contributed by atoms with Gasteiger partial charge in [0.1, 0.15) is 5.54 Å². The van der Waals surface area contributed by atoms with E-state index in [1.807, 2.05) is 0 Å². The number of amides is 1. The third-order valence-corrected chi connectivity index (χ3v) is 4.80. The van der Waals surface area contributed by atoms with E-state index in [1.54, 1.807) is 23.6 Å². The first-order valence-corrected chi connectivity index (χ1v) is 6.26. The molecule has 0 aromatic rings. The first-order valence-electron chi connectivity index (χ1n) is 5.21. The Kier molecular flexibility index (Phi) is 3.57. The summed E-state index contributed by atoms with van der Waals surface area (Å²) in [6.07, 6.45) is 0.757. The second-order valence-corrected chi connectivity index (χ2v) is 6.38. The summed E-state index contributed by atoms with van der Waals surface area (Å²) in [6, 6.07) is 0. The fraction of sp³-hybridized carbons (Fsp3) is 0.818. The SMILES string of the molecule is COC(=O)C1(C)CSC(C(C)(C)C)N1C=O. The van der Waals surface area contributed by atoms with Crippen LogP contribution in [0.15, 0.2) is 0 Å². The van der Waals surface area contributed by atoms with E-state index in [0.29, 0.717) is 5.75 Å². The van der Waals surface area contributed by atoms with Crippen molar-refractivity contribution in [3.8, 4) is 0 Å². The molecule has 2 unspecified atom stereocenters. The third-order valence-electron chi connectivity index (χ3n) is 2.82. The zero-order valence-corrected chi connectivity index (χ0v) is 11.3. The lowest BCUT2D eigenvalue weighted by Crippen LogP contribution is -2.54. The quantitative estimate of drug-likeness (QED) is 0.546. The molecule has 0 saturated carbocycles. The Labute approximate surface area is 101 Å². The maximum absolute atomic E-state index is 11.7. The van der Waals surface area contributed by atoms with Crippen LogP contribution in [0.2, 0.25) is 0 Å². The number of carbonyl (C=O) groups excluding carboxylic acids is 2. The molecule has 0 N–H and O–H groups in total. The van der Waals surface area contributed by atoms with Gasteiger partial charge in [-0.3, -0.25) is 4.79 Å². The molecule has 5 heteroatoms. The number of hydrogen-bond donors (Lipinski definition) is 0. The molecular formula is C11H19NO3S. The lowest BCUT2D eigenvalue weighted by Gasteiger charge is -2.37. The first kappa shape index (κ1) is 13.4. The zero-order valence-electron chi connectivity index (χ0n) is 10.4. The Morgan fingerprint density at radius 3 is 2.50 bits per heavy atom. The predicted octanol–water partition coefficient (Wildman–Crippen LogP) is 1.50. The minimum atomic E-state index is -0.834. The minimum absolute atomic E-state index is 0.00843. The Morgan fingerprint density at radius 1 is 1.56 bits per heavy atom. The van der Waals surface area contributed by atoms with Gasteiger partial charge in [-0.15, -0.1) is 11.8 Å². The number of nitrogens with zero attached hydrogens (tertiary/aromatic N) is 1. The number of ether oxygens (including phenoxy) is 1. The van der Waals surface area contributed by atoms with Gasteiger partial charge >= 0.3 is 5.97 Å². The van der Waals surface area contributed by atoms with E-state index in [-0.39, 0.29) is 16.8 Å². The summed E-state index contributed by atoms with van der Waals surface area (Å²) < 4.78 is 4.78. The molecule has 0 aromatic carbocycles. The van der Waals surface area contributed by atoms with Gasteiger partial charge in [0.15, 0.2) is 0 Å². The van der Waals surface area contributed by atoms with E-state index >= 15 is 0 Å². The number of carbonyl (C=O) groups is 2. The number of esters is 1. The highest BCUT2D eigenvalue weighted by Gasteiger charge is 2.52. The summed E-state index contributed by atoms with van der Waals surface area (Å²) in [7, 11) is 1.35. The van der Waals surface area contributed by atoms with Crippen LogP contribution in [0, 0.1) is 5.41 Å². The van der Waals surface area contributed by atoms with Gasteiger partial charge in [-0.25, -0.2) is 4.79 Å². The van der Waals surface area contributed by atoms with Crippen molar-refractivity contribution in [2.24, 2.45) is 5.41 Å². The largest absolute Gasteiger partial charge is 0.467 e. The molecule has 1 amide bonds. The zero-order chi connectivity index (χ0) is 12.6. The second-order valence-electron chi connectivity index (χ2n) is 5.31. The molecule has 0 aromatic heterocycles. The molecule has 0 radical (unpaired) electrons. The van der Waals surface area contributed by atoms with Gasteiger partial charge in [0.2, 0.25) is 6.41 Å². The highest BCUT2D eigenvalue weighted by atomic mass is 32.2. The smallest absolute Gasteiger partial charge is 0.332 e. The number of rotatable bonds is 2. The average molecular weight is 245 g/mol. The maximum atomic E-state index is 11.7. The molecule has 1 heterocycles. The van der Waals surface area contributed by atoms with Gasteiger partial charge in [0.25, 0.3) is 0 Å². The molecule has 1 rings (SSSR count). The second kappa shape index (κ2) is 4.28. The van der Waals surface area contributed by atoms with Gasteiger partial charge in [0, 0.05) is 5.75 Å². The molecule has 1 aliphatic rings. The van der Waals surface area contributed by atoms with Gasteiger partial charge in [0.05, 0.1) is 12.5 Å². The van der Waals surface area contributed by atoms with Crippen molar-refractivity contribution in [3.63, 3.8) is 0 Å². The fourth-order valence-corrected chi connectivity index (χ4v) is 3.57. The number of hydrogen-bond acceptors (Lipinski definition) is 4. The van der Waals surface area contributed by atoms with E-state index in [2.05, 4.69) is 20.8 Å². The van der Waals surface area contributed by atoms with Crippen LogP contribution in [0.5, 0.6) is 0 Å². The van der Waals surface area contributed by atoms with Gasteiger partial charge in [-0.1, -0.05) is 20.8 Å². The van der Waals surface area contributed by atoms with Crippen molar-refractivity contribution < 1.29 is 14.3 Å². The van der Waals surface area contributed by atoms with Crippen molar-refractivity contribution in [1.82, 2.24) is 4.90 Å². The lowest BCUT2D eigenvalue weighted by molar-refractivity contribution is -0.156. The summed E-state index contributed by atoms with van der Waals surface area (Å²) in [4.78, 5) is 24.5. The Morgan fingerprint density at radius 2 is 2.12 bits per heavy atom. The summed E-state index contributed by atoms with van der Waals surface area (Å²) in [5.74, 6) is 0.235. The van der Waals surface area contributed by atoms with Gasteiger partial charge < -0.3 is 9.64 Å². The van der Waals surface area contributed by atoms with Crippen molar-refractivity contribution >= 4 is 24.1 Å². The van der Waals surface area contributed by atoms with E-state index < -0.39 is 5.54 Å². The Bertz CT molecular complexity index is 300. The molecule has 0 bridgehead atoms. The summed E-state index contributed by atoms with van der Waals surface area (Å²) in [6.45, 7) is 7.94. The van der Waals surface area contributed by atoms with E-state index in [4.69, 9.17) is 4.74 Å². The minimum Gasteiger partial charge on any atom is -0.467 e. The van der Waals surface area contributed by atoms with Crippen LogP contribution >= 0.6 is 11.8 Å². The third kappa shape index (κ3) is 2.05. The maximum Gasteiger partial charge on any atom is 0.332 e. The van der Waals surface area contributed by atoms with Crippen LogP contribution in [-0.4, -0.2) is 41.1 Å². The summed E-state index contributed by atoms with van der Waals surface area (Å²) in [5.41, 5.74) is -0.892. The van der Waals surface area contributed by atoms with Crippen molar-refractivity contribution in [3.05, 3.63) is 0 Å². The molecule has 1 aliphatic heterocycles. The van der Waals surface area contributed by atoms with Crippen LogP contribution in [0.3, 0.4) is 0 Å². The van der Waals surface area contributed by atoms with Crippen LogP contribution in [0.4, 0.5) is 0 Å². The van der Waals surface area contributed by atoms with E-state index in [9.17, 15) is 9.59 Å². The Hall–Kier alpha value is -0.710. The van der Waals surface area contributed by atoms with Gasteiger partial charge in [-0.05, 0) is 12.3 Å². The average Bonchev–Trinajstić information content (AvgIpc) is 2.54. The number of thioether (sulfide) groups is 1. The first-order chi connectivity index (χ1) is 7.27. The van der Waals surface area contributed by atoms with Crippen LogP contribution < -0.4 is 0 Å². The standard InChI is InChI=1S/C11H19NO3S/c1-10(2,3)8-12(7-13)11(4,6-16-8)9(14)15-5/h7-8H,6H2,1-5H3. The van der Waals surface area contributed by atoms with Crippen molar-refractivity contribution in [1.29, 1.82) is 0 Å². The highest BCUT2D eigenvalue weighted by molar-refractivity contribution is 8.00. The summed E-state index contributed by atoms with van der Waals surface area (Å²) in [5, 5.41) is 0.00843. The monoisotopic (exact) mass is 245 g/mol. The normalized spacial score (nSPS) is 30.3. The van der Waals surface area contributed by atoms with E-state index in [0.717, 1.165) is 6.41 Å². The van der Waals surface area contributed by atoms with Crippen molar-refractivity contribution in [2.75, 3.05) is 12.9 Å². The van der Waals surface area contributed by atoms with E-state index in [1.165, 1.54) is 7.11 Å². The molecule has 0 aliphatic carbocycles. The number of methoxy groups -OCH3 is 1. The Balaban J connectivity index is 3.02. The van der Waals surface area contributed by atoms with Crippen molar-refractivity contribution in [2.45, 2.75) is 38.6 Å². The molecule has 1 saturated heterocycles. The fourth-order valence-electron chi connectivity index (χ4n) is 1.88. The van der Waals surface area contributed by atoms with Gasteiger partial charge in [-0.2, -0.15) is 0 Å². The van der Waals surface area contributed by atoms with Crippen LogP contribution in [0.1, 0.15) is 27.7 Å². The molecular weight excluding hydrogens is 226 g/mol. The molecule has 1 fully saturated rings.